The van der Waals surface area contributed by atoms with Gasteiger partial charge in [-0.15, -0.1) is 0 Å². The number of nitrogens with one attached hydrogen (secondary N) is 1. The van der Waals surface area contributed by atoms with Crippen molar-refractivity contribution in [3.63, 3.8) is 0 Å². The van der Waals surface area contributed by atoms with Crippen LogP contribution in [0.4, 0.5) is 9.18 Å². The van der Waals surface area contributed by atoms with Crippen molar-refractivity contribution in [2.45, 2.75) is 43.7 Å². The zero-order valence-electron chi connectivity index (χ0n) is 13.3. The van der Waals surface area contributed by atoms with Crippen LogP contribution < -0.4 is 10.1 Å². The van der Waals surface area contributed by atoms with E-state index in [9.17, 15) is 19.1 Å². The zero-order chi connectivity index (χ0) is 17.2. The first-order valence-corrected chi connectivity index (χ1v) is 8.21. The van der Waals surface area contributed by atoms with Gasteiger partial charge in [-0.3, -0.25) is 9.69 Å². The van der Waals surface area contributed by atoms with E-state index in [1.54, 1.807) is 6.07 Å². The molecule has 24 heavy (non-hydrogen) atoms. The van der Waals surface area contributed by atoms with Crippen LogP contribution in [0.2, 0.25) is 0 Å². The van der Waals surface area contributed by atoms with Gasteiger partial charge in [0.25, 0.3) is 5.91 Å². The molecule has 1 spiro atoms. The van der Waals surface area contributed by atoms with Gasteiger partial charge in [0, 0.05) is 0 Å². The number of hydrogen-bond donors (Lipinski definition) is 2. The number of carbonyl (C=O) groups is 2. The van der Waals surface area contributed by atoms with E-state index in [1.165, 1.54) is 18.2 Å². The summed E-state index contributed by atoms with van der Waals surface area (Å²) in [6, 6.07) is 5.38. The molecule has 6 nitrogen and oxygen atoms in total. The van der Waals surface area contributed by atoms with Crippen LogP contribution in [0.15, 0.2) is 24.3 Å². The molecule has 1 atom stereocenters. The van der Waals surface area contributed by atoms with Crippen molar-refractivity contribution in [1.29, 1.82) is 0 Å². The molecule has 1 saturated heterocycles. The second kappa shape index (κ2) is 6.76. The molecule has 130 valence electrons. The Labute approximate surface area is 139 Å². The largest absolute Gasteiger partial charge is 0.488 e. The van der Waals surface area contributed by atoms with E-state index < -0.39 is 23.5 Å². The minimum Gasteiger partial charge on any atom is -0.488 e. The van der Waals surface area contributed by atoms with Crippen molar-refractivity contribution in [2.75, 3.05) is 13.2 Å². The molecule has 0 radical (unpaired) electrons. The molecule has 0 unspecified atom stereocenters. The highest BCUT2D eigenvalue weighted by Crippen LogP contribution is 2.33. The van der Waals surface area contributed by atoms with Gasteiger partial charge in [-0.05, 0) is 25.0 Å². The molecule has 1 aliphatic carbocycles. The van der Waals surface area contributed by atoms with Crippen molar-refractivity contribution < 1.29 is 23.8 Å². The second-order valence-corrected chi connectivity index (χ2v) is 6.38. The van der Waals surface area contributed by atoms with E-state index >= 15 is 0 Å². The fourth-order valence-electron chi connectivity index (χ4n) is 3.35. The number of nitrogens with zero attached hydrogens (tertiary/aromatic N) is 1. The van der Waals surface area contributed by atoms with Gasteiger partial charge in [-0.2, -0.15) is 0 Å². The molecular formula is C17H21FN2O4. The number of halogens is 1. The van der Waals surface area contributed by atoms with Crippen molar-refractivity contribution in [2.24, 2.45) is 0 Å². The highest BCUT2D eigenvalue weighted by Gasteiger charge is 2.51. The molecule has 1 aromatic rings. The van der Waals surface area contributed by atoms with Crippen molar-refractivity contribution >= 4 is 11.9 Å². The van der Waals surface area contributed by atoms with Crippen LogP contribution in [0.25, 0.3) is 0 Å². The average molecular weight is 336 g/mol. The Morgan fingerprint density at radius 2 is 1.96 bits per heavy atom. The first-order valence-electron chi connectivity index (χ1n) is 8.21. The molecule has 1 heterocycles. The molecule has 3 rings (SSSR count). The lowest BCUT2D eigenvalue weighted by Crippen LogP contribution is -2.48. The third-order valence-electron chi connectivity index (χ3n) is 4.61. The fraction of sp³-hybridized carbons (Fsp3) is 0.529. The molecule has 3 amide bonds. The summed E-state index contributed by atoms with van der Waals surface area (Å²) < 4.78 is 18.7. The maximum Gasteiger partial charge on any atom is 0.325 e. The number of rotatable bonds is 5. The van der Waals surface area contributed by atoms with Crippen LogP contribution in [0, 0.1) is 5.82 Å². The molecule has 2 fully saturated rings. The molecule has 0 aromatic heterocycles. The maximum absolute atomic E-state index is 13.5. The quantitative estimate of drug-likeness (QED) is 0.804. The summed E-state index contributed by atoms with van der Waals surface area (Å²) in [4.78, 5) is 25.7. The number of hydrogen-bond acceptors (Lipinski definition) is 4. The smallest absolute Gasteiger partial charge is 0.325 e. The van der Waals surface area contributed by atoms with E-state index in [0.29, 0.717) is 12.8 Å². The normalized spacial score (nSPS) is 21.0. The monoisotopic (exact) mass is 336 g/mol. The summed E-state index contributed by atoms with van der Waals surface area (Å²) in [6.45, 7) is -0.369. The van der Waals surface area contributed by atoms with Gasteiger partial charge >= 0.3 is 6.03 Å². The van der Waals surface area contributed by atoms with E-state index in [2.05, 4.69) is 5.32 Å². The van der Waals surface area contributed by atoms with Gasteiger partial charge in [0.2, 0.25) is 0 Å². The van der Waals surface area contributed by atoms with Crippen LogP contribution in [-0.2, 0) is 4.79 Å². The van der Waals surface area contributed by atoms with Crippen molar-refractivity contribution in [3.8, 4) is 5.75 Å². The van der Waals surface area contributed by atoms with Crippen molar-refractivity contribution in [1.82, 2.24) is 10.2 Å². The highest BCUT2D eigenvalue weighted by molar-refractivity contribution is 6.07. The Hall–Kier alpha value is -2.15. The average Bonchev–Trinajstić information content (AvgIpc) is 2.79. The van der Waals surface area contributed by atoms with Gasteiger partial charge in [-0.1, -0.05) is 31.4 Å². The first-order chi connectivity index (χ1) is 11.5. The molecule has 1 aromatic carbocycles. The second-order valence-electron chi connectivity index (χ2n) is 6.38. The molecular weight excluding hydrogens is 315 g/mol. The number of aliphatic hydroxyl groups is 1. The number of carbonyl (C=O) groups excluding carboxylic acids is 2. The Kier molecular flexibility index (Phi) is 4.71. The standard InChI is InChI=1S/C17H21FN2O4/c18-13-6-2-3-7-14(13)24-11-12(21)10-20-15(22)17(19-16(20)23)8-4-1-5-9-17/h2-3,6-7,12,21H,1,4-5,8-11H2,(H,19,23)/t12-/m1/s1. The molecule has 1 saturated carbocycles. The third-order valence-corrected chi connectivity index (χ3v) is 4.61. The Morgan fingerprint density at radius 1 is 1.25 bits per heavy atom. The van der Waals surface area contributed by atoms with Crippen LogP contribution in [-0.4, -0.2) is 46.7 Å². The number of imide groups is 1. The lowest BCUT2D eigenvalue weighted by atomic mass is 9.82. The summed E-state index contributed by atoms with van der Waals surface area (Å²) >= 11 is 0. The predicted molar refractivity (Wildman–Crippen MR) is 84.0 cm³/mol. The Bertz CT molecular complexity index is 631. The number of aliphatic hydroxyl groups excluding tert-OH is 1. The SMILES string of the molecule is O=C1NC2(CCCCC2)C(=O)N1C[C@@H](O)COc1ccccc1F. The molecule has 1 aliphatic heterocycles. The summed E-state index contributed by atoms with van der Waals surface area (Å²) in [5, 5.41) is 12.8. The molecule has 0 bridgehead atoms. The maximum atomic E-state index is 13.5. The molecule has 2 N–H and O–H groups in total. The van der Waals surface area contributed by atoms with Crippen LogP contribution in [0.3, 0.4) is 0 Å². The Balaban J connectivity index is 1.58. The number of para-hydroxylation sites is 1. The number of ether oxygens (including phenoxy) is 1. The lowest BCUT2D eigenvalue weighted by molar-refractivity contribution is -0.133. The number of benzene rings is 1. The van der Waals surface area contributed by atoms with Crippen LogP contribution >= 0.6 is 0 Å². The summed E-state index contributed by atoms with van der Waals surface area (Å²) in [5.41, 5.74) is -0.804. The van der Waals surface area contributed by atoms with E-state index in [0.717, 1.165) is 24.2 Å². The fourth-order valence-corrected chi connectivity index (χ4v) is 3.35. The van der Waals surface area contributed by atoms with Gasteiger partial charge in [0.15, 0.2) is 11.6 Å². The summed E-state index contributed by atoms with van der Waals surface area (Å²) in [7, 11) is 0. The van der Waals surface area contributed by atoms with Gasteiger partial charge < -0.3 is 15.2 Å². The third kappa shape index (κ3) is 3.21. The predicted octanol–water partition coefficient (Wildman–Crippen LogP) is 1.82. The molecule has 7 heteroatoms. The van der Waals surface area contributed by atoms with E-state index in [4.69, 9.17) is 4.74 Å². The van der Waals surface area contributed by atoms with Gasteiger partial charge in [-0.25, -0.2) is 9.18 Å². The number of amides is 3. The minimum absolute atomic E-state index is 0.0255. The van der Waals surface area contributed by atoms with Crippen LogP contribution in [0.1, 0.15) is 32.1 Å². The first kappa shape index (κ1) is 16.7. The summed E-state index contributed by atoms with van der Waals surface area (Å²) in [5.74, 6) is -0.782. The Morgan fingerprint density at radius 3 is 2.67 bits per heavy atom. The van der Waals surface area contributed by atoms with Crippen molar-refractivity contribution in [3.05, 3.63) is 30.1 Å². The highest BCUT2D eigenvalue weighted by atomic mass is 19.1. The number of urea groups is 1. The topological polar surface area (TPSA) is 78.9 Å². The van der Waals surface area contributed by atoms with Gasteiger partial charge in [0.05, 0.1) is 6.54 Å². The zero-order valence-corrected chi connectivity index (χ0v) is 13.3. The lowest BCUT2D eigenvalue weighted by Gasteiger charge is -2.30. The van der Waals surface area contributed by atoms with E-state index in [-0.39, 0.29) is 24.8 Å². The molecule has 2 aliphatic rings. The number of β-amino-alcohol motifs (C(OH)–C–C–N with tert-alkyl or cyclic N) is 1. The minimum atomic E-state index is -1.09. The van der Waals surface area contributed by atoms with E-state index in [1.807, 2.05) is 0 Å². The van der Waals surface area contributed by atoms with Crippen LogP contribution in [0.5, 0.6) is 5.75 Å². The summed E-state index contributed by atoms with van der Waals surface area (Å²) in [6.07, 6.45) is 3.05. The van der Waals surface area contributed by atoms with Gasteiger partial charge in [0.1, 0.15) is 18.2 Å².